The van der Waals surface area contributed by atoms with Crippen molar-refractivity contribution in [2.75, 3.05) is 14.1 Å². The first-order chi connectivity index (χ1) is 5.63. The van der Waals surface area contributed by atoms with E-state index in [1.54, 1.807) is 6.08 Å². The highest BCUT2D eigenvalue weighted by Gasteiger charge is 2.15. The lowest BCUT2D eigenvalue weighted by Gasteiger charge is -2.20. The Hall–Kier alpha value is -1.32. The summed E-state index contributed by atoms with van der Waals surface area (Å²) in [6.45, 7) is 1.92. The van der Waals surface area contributed by atoms with Crippen molar-refractivity contribution >= 4 is 0 Å². The topological polar surface area (TPSA) is 50.8 Å². The van der Waals surface area contributed by atoms with Gasteiger partial charge in [0.05, 0.1) is 12.1 Å². The molecule has 0 aromatic rings. The van der Waals surface area contributed by atoms with Gasteiger partial charge in [0, 0.05) is 12.0 Å². The van der Waals surface area contributed by atoms with Crippen molar-refractivity contribution in [2.24, 2.45) is 5.92 Å². The monoisotopic (exact) mass is 163 g/mol. The molecule has 0 radical (unpaired) electrons. The van der Waals surface area contributed by atoms with Crippen LogP contribution in [0.2, 0.25) is 0 Å². The first-order valence-electron chi connectivity index (χ1n) is 3.75. The van der Waals surface area contributed by atoms with Crippen LogP contribution in [0.4, 0.5) is 0 Å². The zero-order valence-corrected chi connectivity index (χ0v) is 7.65. The predicted molar refractivity (Wildman–Crippen MR) is 47.0 cm³/mol. The third-order valence-corrected chi connectivity index (χ3v) is 1.66. The van der Waals surface area contributed by atoms with Crippen LogP contribution < -0.4 is 0 Å². The van der Waals surface area contributed by atoms with Gasteiger partial charge < -0.3 is 0 Å². The molecule has 0 aromatic carbocycles. The summed E-state index contributed by atoms with van der Waals surface area (Å²) in [5.74, 6) is 0.0876. The lowest BCUT2D eigenvalue weighted by atomic mass is 10.0. The Morgan fingerprint density at radius 1 is 1.33 bits per heavy atom. The fourth-order valence-corrected chi connectivity index (χ4v) is 1.00. The highest BCUT2D eigenvalue weighted by Crippen LogP contribution is 2.08. The van der Waals surface area contributed by atoms with Gasteiger partial charge in [-0.15, -0.1) is 0 Å². The lowest BCUT2D eigenvalue weighted by molar-refractivity contribution is 0.303. The second-order valence-corrected chi connectivity index (χ2v) is 2.88. The van der Waals surface area contributed by atoms with Crippen molar-refractivity contribution in [2.45, 2.75) is 13.0 Å². The molecule has 0 aliphatic rings. The Bertz CT molecular complexity index is 229. The van der Waals surface area contributed by atoms with Crippen LogP contribution in [-0.4, -0.2) is 25.0 Å². The molecule has 64 valence electrons. The van der Waals surface area contributed by atoms with E-state index in [0.717, 1.165) is 0 Å². The van der Waals surface area contributed by atoms with Gasteiger partial charge in [-0.05, 0) is 14.1 Å². The molecule has 3 heteroatoms. The minimum absolute atomic E-state index is 0.0876. The van der Waals surface area contributed by atoms with Gasteiger partial charge >= 0.3 is 0 Å². The normalized spacial score (nSPS) is 15.5. The number of hydrogen-bond donors (Lipinski definition) is 0. The van der Waals surface area contributed by atoms with Gasteiger partial charge in [0.2, 0.25) is 0 Å². The van der Waals surface area contributed by atoms with E-state index in [2.05, 4.69) is 6.07 Å². The molecule has 0 saturated carbocycles. The third kappa shape index (κ3) is 3.18. The lowest BCUT2D eigenvalue weighted by Crippen LogP contribution is -2.31. The molecule has 12 heavy (non-hydrogen) atoms. The molecule has 0 rings (SSSR count). The molecule has 0 aliphatic heterocycles. The maximum atomic E-state index is 8.76. The average Bonchev–Trinajstić information content (AvgIpc) is 2.01. The van der Waals surface area contributed by atoms with E-state index in [-0.39, 0.29) is 12.0 Å². The summed E-state index contributed by atoms with van der Waals surface area (Å²) >= 11 is 0. The minimum Gasteiger partial charge on any atom is -0.294 e. The summed E-state index contributed by atoms with van der Waals surface area (Å²) < 4.78 is 0. The number of rotatable bonds is 3. The summed E-state index contributed by atoms with van der Waals surface area (Å²) in [5.41, 5.74) is 0. The SMILES string of the molecule is CC(/C=C/C#N)C(C#N)N(C)C. The van der Waals surface area contributed by atoms with Crippen LogP contribution in [0.3, 0.4) is 0 Å². The molecule has 0 amide bonds. The standard InChI is InChI=1S/C9H13N3/c1-8(5-4-6-10)9(7-11)12(2)3/h4-5,8-9H,1-3H3/b5-4+. The molecule has 2 atom stereocenters. The Balaban J connectivity index is 4.26. The average molecular weight is 163 g/mol. The van der Waals surface area contributed by atoms with Crippen LogP contribution in [-0.2, 0) is 0 Å². The van der Waals surface area contributed by atoms with Gasteiger partial charge in [0.25, 0.3) is 0 Å². The van der Waals surface area contributed by atoms with E-state index in [4.69, 9.17) is 10.5 Å². The molecular formula is C9H13N3. The van der Waals surface area contributed by atoms with Crippen molar-refractivity contribution in [1.82, 2.24) is 4.90 Å². The van der Waals surface area contributed by atoms with Crippen LogP contribution in [0.25, 0.3) is 0 Å². The Morgan fingerprint density at radius 3 is 2.25 bits per heavy atom. The molecule has 0 spiro atoms. The minimum atomic E-state index is -0.158. The summed E-state index contributed by atoms with van der Waals surface area (Å²) in [6, 6.07) is 3.93. The summed E-state index contributed by atoms with van der Waals surface area (Å²) in [6.07, 6.45) is 3.16. The van der Waals surface area contributed by atoms with E-state index in [1.165, 1.54) is 6.08 Å². The fourth-order valence-electron chi connectivity index (χ4n) is 1.00. The summed E-state index contributed by atoms with van der Waals surface area (Å²) in [4.78, 5) is 1.84. The van der Waals surface area contributed by atoms with Crippen molar-refractivity contribution in [1.29, 1.82) is 10.5 Å². The van der Waals surface area contributed by atoms with Gasteiger partial charge in [0.15, 0.2) is 0 Å². The Morgan fingerprint density at radius 2 is 1.92 bits per heavy atom. The Labute approximate surface area is 73.5 Å². The first kappa shape index (κ1) is 10.7. The quantitative estimate of drug-likeness (QED) is 0.586. The molecule has 0 saturated heterocycles. The smallest absolute Gasteiger partial charge is 0.103 e. The van der Waals surface area contributed by atoms with Crippen molar-refractivity contribution in [3.63, 3.8) is 0 Å². The van der Waals surface area contributed by atoms with Crippen LogP contribution in [0, 0.1) is 28.6 Å². The molecule has 0 bridgehead atoms. The number of nitrogens with zero attached hydrogens (tertiary/aromatic N) is 3. The van der Waals surface area contributed by atoms with Gasteiger partial charge in [-0.2, -0.15) is 10.5 Å². The maximum Gasteiger partial charge on any atom is 0.103 e. The molecule has 0 N–H and O–H groups in total. The number of hydrogen-bond acceptors (Lipinski definition) is 3. The molecule has 0 heterocycles. The van der Waals surface area contributed by atoms with Crippen LogP contribution in [0.5, 0.6) is 0 Å². The Kier molecular flexibility index (Phi) is 4.76. The van der Waals surface area contributed by atoms with E-state index < -0.39 is 0 Å². The number of allylic oxidation sites excluding steroid dienone is 1. The summed E-state index contributed by atoms with van der Waals surface area (Å²) in [5, 5.41) is 17.0. The number of nitriles is 2. The van der Waals surface area contributed by atoms with Gasteiger partial charge in [-0.1, -0.05) is 13.0 Å². The van der Waals surface area contributed by atoms with Crippen LogP contribution >= 0.6 is 0 Å². The van der Waals surface area contributed by atoms with E-state index in [9.17, 15) is 0 Å². The third-order valence-electron chi connectivity index (χ3n) is 1.66. The van der Waals surface area contributed by atoms with Crippen molar-refractivity contribution in [3.8, 4) is 12.1 Å². The van der Waals surface area contributed by atoms with Crippen molar-refractivity contribution < 1.29 is 0 Å². The van der Waals surface area contributed by atoms with Crippen LogP contribution in [0.15, 0.2) is 12.2 Å². The first-order valence-corrected chi connectivity index (χ1v) is 3.75. The van der Waals surface area contributed by atoms with Crippen molar-refractivity contribution in [3.05, 3.63) is 12.2 Å². The largest absolute Gasteiger partial charge is 0.294 e. The van der Waals surface area contributed by atoms with Gasteiger partial charge in [-0.3, -0.25) is 4.90 Å². The van der Waals surface area contributed by atoms with Crippen LogP contribution in [0.1, 0.15) is 6.92 Å². The second-order valence-electron chi connectivity index (χ2n) is 2.88. The second kappa shape index (κ2) is 5.35. The molecule has 0 fully saturated rings. The fraction of sp³-hybridized carbons (Fsp3) is 0.556. The molecule has 0 aliphatic carbocycles. The zero-order valence-electron chi connectivity index (χ0n) is 7.65. The van der Waals surface area contributed by atoms with E-state index in [0.29, 0.717) is 0 Å². The molecule has 3 nitrogen and oxygen atoms in total. The maximum absolute atomic E-state index is 8.76. The molecule has 2 unspecified atom stereocenters. The van der Waals surface area contributed by atoms with E-state index >= 15 is 0 Å². The highest BCUT2D eigenvalue weighted by atomic mass is 15.1. The zero-order chi connectivity index (χ0) is 9.56. The van der Waals surface area contributed by atoms with E-state index in [1.807, 2.05) is 32.0 Å². The molecule has 0 aromatic heterocycles. The van der Waals surface area contributed by atoms with Gasteiger partial charge in [-0.25, -0.2) is 0 Å². The van der Waals surface area contributed by atoms with Gasteiger partial charge in [0.1, 0.15) is 6.04 Å². The summed E-state index contributed by atoms with van der Waals surface area (Å²) in [7, 11) is 3.70. The highest BCUT2D eigenvalue weighted by molar-refractivity contribution is 5.08. The predicted octanol–water partition coefficient (Wildman–Crippen LogP) is 1.16. The molecular weight excluding hydrogens is 150 g/mol.